The Balaban J connectivity index is 2.05. The molecule has 0 aromatic heterocycles. The van der Waals surface area contributed by atoms with Crippen molar-refractivity contribution in [2.75, 3.05) is 5.32 Å². The Hall–Kier alpha value is -2.33. The predicted molar refractivity (Wildman–Crippen MR) is 91.2 cm³/mol. The molecule has 0 atom stereocenters. The second kappa shape index (κ2) is 6.84. The highest BCUT2D eigenvalue weighted by Crippen LogP contribution is 2.22. The van der Waals surface area contributed by atoms with Crippen LogP contribution in [-0.2, 0) is 4.79 Å². The predicted octanol–water partition coefficient (Wildman–Crippen LogP) is 4.34. The van der Waals surface area contributed by atoms with Crippen LogP contribution in [0.5, 0.6) is 5.75 Å². The molecule has 0 aliphatic carbocycles. The second-order valence-electron chi connectivity index (χ2n) is 5.65. The maximum atomic E-state index is 12.4. The highest BCUT2D eigenvalue weighted by molar-refractivity contribution is 6.30. The maximum Gasteiger partial charge on any atom is 0.267 e. The molecule has 0 radical (unpaired) electrons. The van der Waals surface area contributed by atoms with Crippen LogP contribution in [0.1, 0.15) is 31.1 Å². The van der Waals surface area contributed by atoms with E-state index in [1.807, 2.05) is 0 Å². The third-order valence-corrected chi connectivity index (χ3v) is 3.53. The fourth-order valence-corrected chi connectivity index (χ4v) is 2.04. The van der Waals surface area contributed by atoms with Gasteiger partial charge in [0.2, 0.25) is 0 Å². The van der Waals surface area contributed by atoms with Gasteiger partial charge in [0.1, 0.15) is 5.75 Å². The fourth-order valence-electron chi connectivity index (χ4n) is 1.91. The molecule has 0 bridgehead atoms. The Bertz CT molecular complexity index is 706. The van der Waals surface area contributed by atoms with E-state index in [4.69, 9.17) is 16.3 Å². The first kappa shape index (κ1) is 17.0. The summed E-state index contributed by atoms with van der Waals surface area (Å²) < 4.78 is 5.73. The van der Waals surface area contributed by atoms with Gasteiger partial charge in [-0.05, 0) is 69.3 Å². The number of Topliss-reactive ketones (excluding diaryl/α,β-unsaturated/α-hetero) is 1. The Morgan fingerprint density at radius 2 is 1.57 bits per heavy atom. The van der Waals surface area contributed by atoms with Crippen LogP contribution in [0.25, 0.3) is 0 Å². The summed E-state index contributed by atoms with van der Waals surface area (Å²) in [5.74, 6) is 0.249. The highest BCUT2D eigenvalue weighted by atomic mass is 35.5. The lowest BCUT2D eigenvalue weighted by atomic mass is 10.1. The number of hydrogen-bond acceptors (Lipinski definition) is 3. The third-order valence-electron chi connectivity index (χ3n) is 3.28. The van der Waals surface area contributed by atoms with E-state index in [1.54, 1.807) is 62.4 Å². The molecule has 0 aliphatic rings. The summed E-state index contributed by atoms with van der Waals surface area (Å²) in [6.45, 7) is 4.86. The van der Waals surface area contributed by atoms with Gasteiger partial charge >= 0.3 is 0 Å². The molecule has 2 rings (SSSR count). The summed E-state index contributed by atoms with van der Waals surface area (Å²) in [4.78, 5) is 23.6. The van der Waals surface area contributed by atoms with Crippen LogP contribution in [0.3, 0.4) is 0 Å². The van der Waals surface area contributed by atoms with Crippen molar-refractivity contribution < 1.29 is 14.3 Å². The molecule has 0 saturated carbocycles. The van der Waals surface area contributed by atoms with Gasteiger partial charge in [0.25, 0.3) is 5.91 Å². The fraction of sp³-hybridized carbons (Fsp3) is 0.222. The van der Waals surface area contributed by atoms with Crippen LogP contribution in [-0.4, -0.2) is 17.3 Å². The number of hydrogen-bond donors (Lipinski definition) is 1. The Labute approximate surface area is 140 Å². The number of nitrogens with one attached hydrogen (secondary N) is 1. The van der Waals surface area contributed by atoms with Crippen LogP contribution >= 0.6 is 11.6 Å². The van der Waals surface area contributed by atoms with Crippen molar-refractivity contribution in [3.05, 3.63) is 59.1 Å². The van der Waals surface area contributed by atoms with Gasteiger partial charge in [-0.3, -0.25) is 9.59 Å². The second-order valence-corrected chi connectivity index (χ2v) is 6.09. The number of amides is 1. The summed E-state index contributed by atoms with van der Waals surface area (Å²) in [5.41, 5.74) is 0.139. The standard InChI is InChI=1S/C18H18ClNO3/c1-12(21)13-4-8-15(9-5-13)20-17(22)18(2,3)23-16-10-6-14(19)7-11-16/h4-11H,1-3H3,(H,20,22). The largest absolute Gasteiger partial charge is 0.478 e. The first-order valence-corrected chi connectivity index (χ1v) is 7.53. The van der Waals surface area contributed by atoms with Crippen LogP contribution in [0.2, 0.25) is 5.02 Å². The number of carbonyl (C=O) groups is 2. The van der Waals surface area contributed by atoms with Crippen LogP contribution in [0.15, 0.2) is 48.5 Å². The SMILES string of the molecule is CC(=O)c1ccc(NC(=O)C(C)(C)Oc2ccc(Cl)cc2)cc1. The van der Waals surface area contributed by atoms with Crippen molar-refractivity contribution in [2.24, 2.45) is 0 Å². The van der Waals surface area contributed by atoms with Crippen LogP contribution in [0.4, 0.5) is 5.69 Å². The van der Waals surface area contributed by atoms with E-state index in [2.05, 4.69) is 5.32 Å². The van der Waals surface area contributed by atoms with Crippen molar-refractivity contribution in [1.29, 1.82) is 0 Å². The van der Waals surface area contributed by atoms with Gasteiger partial charge in [0.15, 0.2) is 11.4 Å². The molecule has 0 fully saturated rings. The van der Waals surface area contributed by atoms with Gasteiger partial charge in [0.05, 0.1) is 0 Å². The van der Waals surface area contributed by atoms with Gasteiger partial charge in [-0.2, -0.15) is 0 Å². The number of carbonyl (C=O) groups excluding carboxylic acids is 2. The quantitative estimate of drug-likeness (QED) is 0.829. The van der Waals surface area contributed by atoms with Crippen molar-refractivity contribution in [2.45, 2.75) is 26.4 Å². The lowest BCUT2D eigenvalue weighted by Crippen LogP contribution is -2.42. The minimum absolute atomic E-state index is 0.0192. The Morgan fingerprint density at radius 1 is 1.00 bits per heavy atom. The molecule has 5 heteroatoms. The Kier molecular flexibility index (Phi) is 5.06. The van der Waals surface area contributed by atoms with E-state index in [9.17, 15) is 9.59 Å². The molecule has 0 heterocycles. The van der Waals surface area contributed by atoms with E-state index >= 15 is 0 Å². The molecular weight excluding hydrogens is 314 g/mol. The molecule has 2 aromatic rings. The number of ketones is 1. The normalized spacial score (nSPS) is 11.0. The molecular formula is C18H18ClNO3. The summed E-state index contributed by atoms with van der Waals surface area (Å²) in [5, 5.41) is 3.38. The van der Waals surface area contributed by atoms with Gasteiger partial charge in [-0.25, -0.2) is 0 Å². The molecule has 0 unspecified atom stereocenters. The first-order chi connectivity index (χ1) is 10.8. The van der Waals surface area contributed by atoms with Crippen LogP contribution in [0, 0.1) is 0 Å². The van der Waals surface area contributed by atoms with Crippen molar-refractivity contribution in [3.8, 4) is 5.75 Å². The van der Waals surface area contributed by atoms with Gasteiger partial charge in [-0.1, -0.05) is 11.6 Å². The number of rotatable bonds is 5. The van der Waals surface area contributed by atoms with Crippen molar-refractivity contribution in [3.63, 3.8) is 0 Å². The number of anilines is 1. The lowest BCUT2D eigenvalue weighted by Gasteiger charge is -2.25. The van der Waals surface area contributed by atoms with Crippen molar-refractivity contribution in [1.82, 2.24) is 0 Å². The van der Waals surface area contributed by atoms with Gasteiger partial charge < -0.3 is 10.1 Å². The van der Waals surface area contributed by atoms with E-state index in [1.165, 1.54) is 6.92 Å². The first-order valence-electron chi connectivity index (χ1n) is 7.15. The molecule has 1 N–H and O–H groups in total. The summed E-state index contributed by atoms with van der Waals surface area (Å²) in [6.07, 6.45) is 0. The summed E-state index contributed by atoms with van der Waals surface area (Å²) in [7, 11) is 0. The number of halogens is 1. The number of ether oxygens (including phenoxy) is 1. The van der Waals surface area contributed by atoms with E-state index in [-0.39, 0.29) is 11.7 Å². The molecule has 4 nitrogen and oxygen atoms in total. The third kappa shape index (κ3) is 4.57. The van der Waals surface area contributed by atoms with Crippen LogP contribution < -0.4 is 10.1 Å². The average molecular weight is 332 g/mol. The zero-order valence-electron chi connectivity index (χ0n) is 13.2. The smallest absolute Gasteiger partial charge is 0.267 e. The molecule has 1 amide bonds. The Morgan fingerprint density at radius 3 is 2.09 bits per heavy atom. The minimum Gasteiger partial charge on any atom is -0.478 e. The molecule has 0 aliphatic heterocycles. The molecule has 23 heavy (non-hydrogen) atoms. The zero-order chi connectivity index (χ0) is 17.0. The summed E-state index contributed by atoms with van der Waals surface area (Å²) >= 11 is 5.83. The van der Waals surface area contributed by atoms with E-state index in [0.29, 0.717) is 22.0 Å². The zero-order valence-corrected chi connectivity index (χ0v) is 14.0. The topological polar surface area (TPSA) is 55.4 Å². The molecule has 0 saturated heterocycles. The highest BCUT2D eigenvalue weighted by Gasteiger charge is 2.30. The molecule has 120 valence electrons. The monoisotopic (exact) mass is 331 g/mol. The lowest BCUT2D eigenvalue weighted by molar-refractivity contribution is -0.128. The maximum absolute atomic E-state index is 12.4. The van der Waals surface area contributed by atoms with Gasteiger partial charge in [0, 0.05) is 16.3 Å². The molecule has 2 aromatic carbocycles. The number of benzene rings is 2. The molecule has 0 spiro atoms. The van der Waals surface area contributed by atoms with Gasteiger partial charge in [-0.15, -0.1) is 0 Å². The van der Waals surface area contributed by atoms with E-state index < -0.39 is 5.60 Å². The van der Waals surface area contributed by atoms with Crippen molar-refractivity contribution >= 4 is 29.0 Å². The minimum atomic E-state index is -1.06. The van der Waals surface area contributed by atoms with E-state index in [0.717, 1.165) is 0 Å². The average Bonchev–Trinajstić information content (AvgIpc) is 2.50. The summed E-state index contributed by atoms with van der Waals surface area (Å²) in [6, 6.07) is 13.5.